The molecule has 0 radical (unpaired) electrons. The van der Waals surface area contributed by atoms with Gasteiger partial charge in [0, 0.05) is 18.7 Å². The van der Waals surface area contributed by atoms with Crippen molar-refractivity contribution in [2.75, 3.05) is 31.6 Å². The maximum Gasteiger partial charge on any atom is 0.146 e. The third-order valence-corrected chi connectivity index (χ3v) is 3.35. The van der Waals surface area contributed by atoms with E-state index in [9.17, 15) is 0 Å². The molecule has 0 bridgehead atoms. The number of hydrogen-bond acceptors (Lipinski definition) is 3. The van der Waals surface area contributed by atoms with E-state index in [1.54, 1.807) is 0 Å². The zero-order valence-electron chi connectivity index (χ0n) is 9.54. The Balaban J connectivity index is 1.82. The molecule has 0 unspecified atom stereocenters. The molecular formula is C13H18N2O. The van der Waals surface area contributed by atoms with Crippen LogP contribution in [0.15, 0.2) is 18.2 Å². The Kier molecular flexibility index (Phi) is 2.70. The number of fused-ring (bicyclic) bond motifs is 1. The van der Waals surface area contributed by atoms with Crippen LogP contribution in [0.25, 0.3) is 0 Å². The summed E-state index contributed by atoms with van der Waals surface area (Å²) in [6.07, 6.45) is 2.68. The van der Waals surface area contributed by atoms with Crippen LogP contribution >= 0.6 is 0 Å². The molecule has 2 heterocycles. The van der Waals surface area contributed by atoms with Gasteiger partial charge in [-0.1, -0.05) is 12.1 Å². The predicted octanol–water partition coefficient (Wildman–Crippen LogP) is 2.09. The second kappa shape index (κ2) is 4.34. The third kappa shape index (κ3) is 1.87. The number of para-hydroxylation sites is 1. The monoisotopic (exact) mass is 218 g/mol. The normalized spacial score (nSPS) is 20.0. The maximum absolute atomic E-state index is 5.78. The lowest BCUT2D eigenvalue weighted by Gasteiger charge is -2.24. The van der Waals surface area contributed by atoms with Gasteiger partial charge in [-0.05, 0) is 32.0 Å². The summed E-state index contributed by atoms with van der Waals surface area (Å²) in [5.41, 5.74) is 2.48. The fourth-order valence-corrected chi connectivity index (χ4v) is 2.54. The summed E-state index contributed by atoms with van der Waals surface area (Å²) < 4.78 is 5.78. The van der Waals surface area contributed by atoms with E-state index in [2.05, 4.69) is 28.4 Å². The molecule has 2 aliphatic rings. The van der Waals surface area contributed by atoms with Crippen molar-refractivity contribution in [3.63, 3.8) is 0 Å². The van der Waals surface area contributed by atoms with Crippen molar-refractivity contribution in [2.24, 2.45) is 0 Å². The molecule has 1 saturated heterocycles. The average molecular weight is 218 g/mol. The van der Waals surface area contributed by atoms with Crippen molar-refractivity contribution in [1.82, 2.24) is 4.90 Å². The average Bonchev–Trinajstić information content (AvgIpc) is 2.82. The molecule has 0 aromatic heterocycles. The highest BCUT2D eigenvalue weighted by Gasteiger charge is 2.17. The molecule has 3 heteroatoms. The molecule has 1 aromatic carbocycles. The summed E-state index contributed by atoms with van der Waals surface area (Å²) >= 11 is 0. The van der Waals surface area contributed by atoms with Crippen LogP contribution in [0.4, 0.5) is 5.69 Å². The van der Waals surface area contributed by atoms with Gasteiger partial charge in [-0.15, -0.1) is 0 Å². The van der Waals surface area contributed by atoms with Crippen LogP contribution in [0.1, 0.15) is 18.4 Å². The van der Waals surface area contributed by atoms with Gasteiger partial charge in [0.2, 0.25) is 0 Å². The van der Waals surface area contributed by atoms with Crippen LogP contribution < -0.4 is 10.1 Å². The minimum atomic E-state index is 0.782. The first-order valence-corrected chi connectivity index (χ1v) is 6.14. The van der Waals surface area contributed by atoms with Gasteiger partial charge in [0.05, 0.1) is 5.69 Å². The van der Waals surface area contributed by atoms with Gasteiger partial charge in [-0.3, -0.25) is 4.90 Å². The number of likely N-dealkylation sites (tertiary alicyclic amines) is 1. The molecule has 0 aliphatic carbocycles. The second-order valence-electron chi connectivity index (χ2n) is 4.55. The Morgan fingerprint density at radius 1 is 1.25 bits per heavy atom. The van der Waals surface area contributed by atoms with Crippen LogP contribution in [0, 0.1) is 0 Å². The predicted molar refractivity (Wildman–Crippen MR) is 64.9 cm³/mol. The van der Waals surface area contributed by atoms with E-state index in [0.29, 0.717) is 0 Å². The van der Waals surface area contributed by atoms with E-state index < -0.39 is 0 Å². The molecule has 0 atom stereocenters. The van der Waals surface area contributed by atoms with E-state index in [1.807, 2.05) is 0 Å². The number of anilines is 1. The van der Waals surface area contributed by atoms with Gasteiger partial charge in [-0.25, -0.2) is 0 Å². The first kappa shape index (κ1) is 9.97. The second-order valence-corrected chi connectivity index (χ2v) is 4.55. The number of nitrogens with one attached hydrogen (secondary N) is 1. The highest BCUT2D eigenvalue weighted by Crippen LogP contribution is 2.32. The molecule has 1 N–H and O–H groups in total. The van der Waals surface area contributed by atoms with Gasteiger partial charge in [0.1, 0.15) is 12.4 Å². The van der Waals surface area contributed by atoms with E-state index in [1.165, 1.54) is 31.5 Å². The molecule has 3 rings (SSSR count). The standard InChI is InChI=1S/C13H18N2O/c1-2-8-15(7-1)10-11-4-3-5-12-13(11)16-9-6-14-12/h3-5,14H,1-2,6-10H2. The summed E-state index contributed by atoms with van der Waals surface area (Å²) in [5, 5.41) is 3.38. The number of benzene rings is 1. The van der Waals surface area contributed by atoms with Gasteiger partial charge in [0.25, 0.3) is 0 Å². The van der Waals surface area contributed by atoms with Crippen LogP contribution in [0.2, 0.25) is 0 Å². The minimum Gasteiger partial charge on any atom is -0.489 e. The highest BCUT2D eigenvalue weighted by molar-refractivity contribution is 5.61. The molecule has 16 heavy (non-hydrogen) atoms. The first-order valence-electron chi connectivity index (χ1n) is 6.14. The smallest absolute Gasteiger partial charge is 0.146 e. The van der Waals surface area contributed by atoms with Gasteiger partial charge < -0.3 is 10.1 Å². The quantitative estimate of drug-likeness (QED) is 0.822. The van der Waals surface area contributed by atoms with E-state index >= 15 is 0 Å². The largest absolute Gasteiger partial charge is 0.489 e. The van der Waals surface area contributed by atoms with Crippen LogP contribution in [0.3, 0.4) is 0 Å². The molecule has 0 spiro atoms. The first-order chi connectivity index (χ1) is 7.93. The van der Waals surface area contributed by atoms with Crippen molar-refractivity contribution < 1.29 is 4.74 Å². The van der Waals surface area contributed by atoms with E-state index in [0.717, 1.165) is 31.1 Å². The summed E-state index contributed by atoms with van der Waals surface area (Å²) in [6.45, 7) is 5.20. The van der Waals surface area contributed by atoms with Crippen molar-refractivity contribution in [2.45, 2.75) is 19.4 Å². The molecule has 1 aromatic rings. The molecule has 0 saturated carbocycles. The Labute approximate surface area is 96.4 Å². The topological polar surface area (TPSA) is 24.5 Å². The molecular weight excluding hydrogens is 200 g/mol. The summed E-state index contributed by atoms with van der Waals surface area (Å²) in [6, 6.07) is 6.40. The van der Waals surface area contributed by atoms with Gasteiger partial charge in [0.15, 0.2) is 0 Å². The van der Waals surface area contributed by atoms with Crippen molar-refractivity contribution in [3.8, 4) is 5.75 Å². The van der Waals surface area contributed by atoms with Crippen LogP contribution in [-0.4, -0.2) is 31.1 Å². The fourth-order valence-electron chi connectivity index (χ4n) is 2.54. The van der Waals surface area contributed by atoms with E-state index in [-0.39, 0.29) is 0 Å². The Bertz CT molecular complexity index is 372. The highest BCUT2D eigenvalue weighted by atomic mass is 16.5. The molecule has 2 aliphatic heterocycles. The van der Waals surface area contributed by atoms with Crippen LogP contribution in [-0.2, 0) is 6.54 Å². The number of rotatable bonds is 2. The van der Waals surface area contributed by atoms with E-state index in [4.69, 9.17) is 4.74 Å². The van der Waals surface area contributed by atoms with Crippen molar-refractivity contribution >= 4 is 5.69 Å². The molecule has 0 amide bonds. The van der Waals surface area contributed by atoms with Gasteiger partial charge >= 0.3 is 0 Å². The molecule has 1 fully saturated rings. The van der Waals surface area contributed by atoms with Crippen molar-refractivity contribution in [1.29, 1.82) is 0 Å². The third-order valence-electron chi connectivity index (χ3n) is 3.35. The lowest BCUT2D eigenvalue weighted by molar-refractivity contribution is 0.296. The number of nitrogens with zero attached hydrogens (tertiary/aromatic N) is 1. The summed E-state index contributed by atoms with van der Waals surface area (Å²) in [7, 11) is 0. The minimum absolute atomic E-state index is 0.782. The maximum atomic E-state index is 5.78. The summed E-state index contributed by atoms with van der Waals surface area (Å²) in [4.78, 5) is 2.51. The number of hydrogen-bond donors (Lipinski definition) is 1. The Morgan fingerprint density at radius 2 is 2.12 bits per heavy atom. The Morgan fingerprint density at radius 3 is 3.00 bits per heavy atom. The molecule has 3 nitrogen and oxygen atoms in total. The zero-order chi connectivity index (χ0) is 10.8. The fraction of sp³-hybridized carbons (Fsp3) is 0.538. The molecule has 86 valence electrons. The van der Waals surface area contributed by atoms with Crippen LogP contribution in [0.5, 0.6) is 5.75 Å². The van der Waals surface area contributed by atoms with Gasteiger partial charge in [-0.2, -0.15) is 0 Å². The SMILES string of the molecule is c1cc(CN2CCCC2)c2c(c1)NCCO2. The van der Waals surface area contributed by atoms with Crippen molar-refractivity contribution in [3.05, 3.63) is 23.8 Å². The number of ether oxygens (including phenoxy) is 1. The lowest BCUT2D eigenvalue weighted by atomic mass is 10.1. The Hall–Kier alpha value is -1.22. The lowest BCUT2D eigenvalue weighted by Crippen LogP contribution is -2.22. The summed E-state index contributed by atoms with van der Waals surface area (Å²) in [5.74, 6) is 1.07. The zero-order valence-corrected chi connectivity index (χ0v) is 9.54.